The smallest absolute Gasteiger partial charge is 0.270 e. The molecule has 0 aliphatic heterocycles. The minimum absolute atomic E-state index is 0.100. The van der Waals surface area contributed by atoms with Gasteiger partial charge in [0.2, 0.25) is 0 Å². The molecule has 0 spiro atoms. The molecular formula is C22H23N3O2. The van der Waals surface area contributed by atoms with Crippen LogP contribution in [0.1, 0.15) is 54.3 Å². The van der Waals surface area contributed by atoms with Gasteiger partial charge < -0.3 is 10.3 Å². The molecule has 1 amide bonds. The van der Waals surface area contributed by atoms with Gasteiger partial charge in [-0.2, -0.15) is 0 Å². The Balaban J connectivity index is 1.79. The molecule has 0 fully saturated rings. The molecule has 1 aromatic heterocycles. The van der Waals surface area contributed by atoms with Crippen molar-refractivity contribution in [1.82, 2.24) is 15.3 Å². The van der Waals surface area contributed by atoms with Crippen molar-refractivity contribution >= 4 is 5.91 Å². The first-order valence-corrected chi connectivity index (χ1v) is 9.01. The molecule has 0 aliphatic rings. The Morgan fingerprint density at radius 1 is 0.963 bits per heavy atom. The maximum Gasteiger partial charge on any atom is 0.270 e. The summed E-state index contributed by atoms with van der Waals surface area (Å²) in [4.78, 5) is 31.6. The van der Waals surface area contributed by atoms with Crippen LogP contribution in [-0.4, -0.2) is 15.9 Å². The standard InChI is InChI=1S/C22H23N3O2/c1-14(2)16-9-11-17(12-10-16)15(3)23-22(27)19-13-20(26)25-21(24-19)18-7-5-4-6-8-18/h4-15H,1-3H3,(H,23,27)(H,24,25,26). The van der Waals surface area contributed by atoms with E-state index in [1.54, 1.807) is 0 Å². The van der Waals surface area contributed by atoms with Crippen LogP contribution >= 0.6 is 0 Å². The number of nitrogens with zero attached hydrogens (tertiary/aromatic N) is 1. The minimum Gasteiger partial charge on any atom is -0.344 e. The van der Waals surface area contributed by atoms with Crippen LogP contribution in [0.2, 0.25) is 0 Å². The van der Waals surface area contributed by atoms with Crippen molar-refractivity contribution in [3.8, 4) is 11.4 Å². The zero-order chi connectivity index (χ0) is 19.4. The lowest BCUT2D eigenvalue weighted by molar-refractivity contribution is 0.0934. The number of rotatable bonds is 5. The molecule has 3 aromatic rings. The van der Waals surface area contributed by atoms with Crippen LogP contribution in [0.5, 0.6) is 0 Å². The fraction of sp³-hybridized carbons (Fsp3) is 0.227. The number of H-pyrrole nitrogens is 1. The highest BCUT2D eigenvalue weighted by Crippen LogP contribution is 2.19. The van der Waals surface area contributed by atoms with Gasteiger partial charge in [-0.3, -0.25) is 9.59 Å². The molecule has 1 heterocycles. The summed E-state index contributed by atoms with van der Waals surface area (Å²) >= 11 is 0. The van der Waals surface area contributed by atoms with Crippen LogP contribution in [0.3, 0.4) is 0 Å². The maximum absolute atomic E-state index is 12.6. The summed E-state index contributed by atoms with van der Waals surface area (Å²) in [6.45, 7) is 6.19. The van der Waals surface area contributed by atoms with E-state index < -0.39 is 0 Å². The molecule has 2 N–H and O–H groups in total. The van der Waals surface area contributed by atoms with Gasteiger partial charge in [0.15, 0.2) is 0 Å². The van der Waals surface area contributed by atoms with E-state index in [9.17, 15) is 9.59 Å². The molecule has 0 saturated heterocycles. The highest BCUT2D eigenvalue weighted by Gasteiger charge is 2.15. The van der Waals surface area contributed by atoms with Crippen LogP contribution in [0.4, 0.5) is 0 Å². The second-order valence-electron chi connectivity index (χ2n) is 6.86. The number of nitrogens with one attached hydrogen (secondary N) is 2. The van der Waals surface area contributed by atoms with Gasteiger partial charge in [-0.15, -0.1) is 0 Å². The molecular weight excluding hydrogens is 338 g/mol. The molecule has 1 atom stereocenters. The molecule has 138 valence electrons. The molecule has 0 aliphatic carbocycles. The van der Waals surface area contributed by atoms with Crippen molar-refractivity contribution < 1.29 is 4.79 Å². The summed E-state index contributed by atoms with van der Waals surface area (Å²) in [5.74, 6) is 0.460. The number of carbonyl (C=O) groups excluding carboxylic acids is 1. The average molecular weight is 361 g/mol. The van der Waals surface area contributed by atoms with Gasteiger partial charge in [0.25, 0.3) is 11.5 Å². The Morgan fingerprint density at radius 3 is 2.22 bits per heavy atom. The first-order valence-electron chi connectivity index (χ1n) is 9.01. The van der Waals surface area contributed by atoms with Crippen molar-refractivity contribution in [2.75, 3.05) is 0 Å². The van der Waals surface area contributed by atoms with Crippen molar-refractivity contribution in [1.29, 1.82) is 0 Å². The second-order valence-corrected chi connectivity index (χ2v) is 6.86. The summed E-state index contributed by atoms with van der Waals surface area (Å²) in [5.41, 5.74) is 2.75. The SMILES string of the molecule is CC(C)c1ccc(C(C)NC(=O)c2cc(=O)[nH]c(-c3ccccc3)n2)cc1. The fourth-order valence-corrected chi connectivity index (χ4v) is 2.83. The van der Waals surface area contributed by atoms with E-state index >= 15 is 0 Å². The molecule has 0 bridgehead atoms. The molecule has 5 nitrogen and oxygen atoms in total. The number of aromatic amines is 1. The number of benzene rings is 2. The minimum atomic E-state index is -0.376. The molecule has 5 heteroatoms. The van der Waals surface area contributed by atoms with Gasteiger partial charge >= 0.3 is 0 Å². The zero-order valence-corrected chi connectivity index (χ0v) is 15.7. The van der Waals surface area contributed by atoms with Crippen LogP contribution in [-0.2, 0) is 0 Å². The van der Waals surface area contributed by atoms with Crippen molar-refractivity contribution in [2.24, 2.45) is 0 Å². The van der Waals surface area contributed by atoms with E-state index in [0.29, 0.717) is 11.7 Å². The van der Waals surface area contributed by atoms with Gasteiger partial charge in [0, 0.05) is 11.6 Å². The average Bonchev–Trinajstić information content (AvgIpc) is 2.68. The Hall–Kier alpha value is -3.21. The second kappa shape index (κ2) is 7.99. The van der Waals surface area contributed by atoms with Gasteiger partial charge in [0.05, 0.1) is 6.04 Å². The summed E-state index contributed by atoms with van der Waals surface area (Å²) in [7, 11) is 0. The van der Waals surface area contributed by atoms with E-state index in [1.807, 2.05) is 49.4 Å². The molecule has 1 unspecified atom stereocenters. The predicted molar refractivity (Wildman–Crippen MR) is 107 cm³/mol. The summed E-state index contributed by atoms with van der Waals surface area (Å²) < 4.78 is 0. The summed E-state index contributed by atoms with van der Waals surface area (Å²) in [6.07, 6.45) is 0. The van der Waals surface area contributed by atoms with Gasteiger partial charge in [0.1, 0.15) is 11.5 Å². The Bertz CT molecular complexity index is 976. The highest BCUT2D eigenvalue weighted by molar-refractivity contribution is 5.92. The lowest BCUT2D eigenvalue weighted by atomic mass is 9.99. The Labute approximate surface area is 158 Å². The van der Waals surface area contributed by atoms with E-state index in [4.69, 9.17) is 0 Å². The van der Waals surface area contributed by atoms with E-state index in [-0.39, 0.29) is 23.2 Å². The molecule has 0 radical (unpaired) electrons. The first kappa shape index (κ1) is 18.6. The highest BCUT2D eigenvalue weighted by atomic mass is 16.2. The molecule has 3 rings (SSSR count). The van der Waals surface area contributed by atoms with Crippen LogP contribution in [0.15, 0.2) is 65.5 Å². The Morgan fingerprint density at radius 2 is 1.59 bits per heavy atom. The third-order valence-electron chi connectivity index (χ3n) is 4.47. The van der Waals surface area contributed by atoms with Crippen LogP contribution in [0.25, 0.3) is 11.4 Å². The molecule has 27 heavy (non-hydrogen) atoms. The van der Waals surface area contributed by atoms with E-state index in [0.717, 1.165) is 11.1 Å². The summed E-state index contributed by atoms with van der Waals surface area (Å²) in [6, 6.07) is 18.4. The molecule has 2 aromatic carbocycles. The number of hydrogen-bond donors (Lipinski definition) is 2. The molecule has 0 saturated carbocycles. The number of carbonyl (C=O) groups is 1. The fourth-order valence-electron chi connectivity index (χ4n) is 2.83. The first-order chi connectivity index (χ1) is 12.9. The topological polar surface area (TPSA) is 74.8 Å². The van der Waals surface area contributed by atoms with Gasteiger partial charge in [-0.1, -0.05) is 68.4 Å². The number of aromatic nitrogens is 2. The Kier molecular flexibility index (Phi) is 5.50. The monoisotopic (exact) mass is 361 g/mol. The van der Waals surface area contributed by atoms with Crippen molar-refractivity contribution in [3.05, 3.63) is 87.8 Å². The largest absolute Gasteiger partial charge is 0.344 e. The number of hydrogen-bond acceptors (Lipinski definition) is 3. The lowest BCUT2D eigenvalue weighted by Crippen LogP contribution is -2.29. The lowest BCUT2D eigenvalue weighted by Gasteiger charge is -2.15. The van der Waals surface area contributed by atoms with Crippen LogP contribution in [0, 0.1) is 0 Å². The van der Waals surface area contributed by atoms with Gasteiger partial charge in [-0.05, 0) is 24.0 Å². The van der Waals surface area contributed by atoms with Gasteiger partial charge in [-0.25, -0.2) is 4.98 Å². The van der Waals surface area contributed by atoms with Crippen LogP contribution < -0.4 is 10.9 Å². The number of amides is 1. The zero-order valence-electron chi connectivity index (χ0n) is 15.7. The maximum atomic E-state index is 12.6. The third-order valence-corrected chi connectivity index (χ3v) is 4.47. The summed E-state index contributed by atoms with van der Waals surface area (Å²) in [5, 5.41) is 2.91. The quantitative estimate of drug-likeness (QED) is 0.720. The normalized spacial score (nSPS) is 12.0. The third kappa shape index (κ3) is 4.50. The van der Waals surface area contributed by atoms with E-state index in [2.05, 4.69) is 41.3 Å². The van der Waals surface area contributed by atoms with Crippen molar-refractivity contribution in [3.63, 3.8) is 0 Å². The predicted octanol–water partition coefficient (Wildman–Crippen LogP) is 4.05. The van der Waals surface area contributed by atoms with Crippen molar-refractivity contribution in [2.45, 2.75) is 32.7 Å². The van der Waals surface area contributed by atoms with E-state index in [1.165, 1.54) is 11.6 Å².